The Morgan fingerprint density at radius 1 is 1.17 bits per heavy atom. The predicted octanol–water partition coefficient (Wildman–Crippen LogP) is 3.18. The fraction of sp³-hybridized carbons (Fsp3) is 0.235. The summed E-state index contributed by atoms with van der Waals surface area (Å²) in [6.07, 6.45) is 2.42. The van der Waals surface area contributed by atoms with Gasteiger partial charge in [-0.05, 0) is 35.8 Å². The summed E-state index contributed by atoms with van der Waals surface area (Å²) >= 11 is 1.03. The molecule has 0 atom stereocenters. The van der Waals surface area contributed by atoms with E-state index in [4.69, 9.17) is 5.11 Å². The average molecular weight is 341 g/mol. The van der Waals surface area contributed by atoms with Crippen molar-refractivity contribution in [2.45, 2.75) is 23.9 Å². The molecule has 4 rings (SSSR count). The Balaban J connectivity index is 1.87. The van der Waals surface area contributed by atoms with Crippen LogP contribution in [0.25, 0.3) is 16.5 Å². The number of aromatic hydroxyl groups is 1. The van der Waals surface area contributed by atoms with E-state index < -0.39 is 5.97 Å². The van der Waals surface area contributed by atoms with Crippen LogP contribution < -0.4 is 0 Å². The van der Waals surface area contributed by atoms with Gasteiger partial charge in [0, 0.05) is 5.39 Å². The number of fused-ring (bicyclic) bond motifs is 1. The van der Waals surface area contributed by atoms with Gasteiger partial charge in [-0.2, -0.15) is 0 Å². The molecular formula is C17H15N3O3S. The molecule has 1 saturated carbocycles. The van der Waals surface area contributed by atoms with Gasteiger partial charge in [-0.3, -0.25) is 4.79 Å². The van der Waals surface area contributed by atoms with Crippen LogP contribution in [0.3, 0.4) is 0 Å². The third-order valence-corrected chi connectivity index (χ3v) is 5.05. The standard InChI is InChI=1S/C17H15N3O3S/c21-15(22)9-24-17-19-18-16(23)20(17)14-8-7-11(10-5-6-10)12-3-1-2-4-13(12)14/h1-4,7-8,10H,5-6,9H2,(H,18,23)(H,21,22). The van der Waals surface area contributed by atoms with Crippen molar-refractivity contribution in [3.05, 3.63) is 42.0 Å². The van der Waals surface area contributed by atoms with Gasteiger partial charge >= 0.3 is 12.0 Å². The van der Waals surface area contributed by atoms with E-state index in [9.17, 15) is 9.90 Å². The molecule has 0 radical (unpaired) electrons. The van der Waals surface area contributed by atoms with Gasteiger partial charge in [-0.15, -0.1) is 5.10 Å². The Morgan fingerprint density at radius 2 is 1.92 bits per heavy atom. The van der Waals surface area contributed by atoms with E-state index in [1.165, 1.54) is 23.0 Å². The van der Waals surface area contributed by atoms with E-state index in [1.54, 1.807) is 0 Å². The maximum Gasteiger partial charge on any atom is 0.319 e. The third-order valence-electron chi connectivity index (χ3n) is 4.13. The molecule has 1 heterocycles. The average Bonchev–Trinajstić information content (AvgIpc) is 3.35. The zero-order valence-corrected chi connectivity index (χ0v) is 13.5. The number of hydrogen-bond donors (Lipinski definition) is 2. The Morgan fingerprint density at radius 3 is 2.62 bits per heavy atom. The molecule has 1 aliphatic rings. The summed E-state index contributed by atoms with van der Waals surface area (Å²) in [5.41, 5.74) is 2.08. The molecule has 0 bridgehead atoms. The number of thioether (sulfide) groups is 1. The molecular weight excluding hydrogens is 326 g/mol. The van der Waals surface area contributed by atoms with Crippen LogP contribution in [0.2, 0.25) is 0 Å². The normalized spacial score (nSPS) is 14.2. The second kappa shape index (κ2) is 5.83. The fourth-order valence-electron chi connectivity index (χ4n) is 2.94. The molecule has 7 heteroatoms. The van der Waals surface area contributed by atoms with Crippen LogP contribution >= 0.6 is 11.8 Å². The first-order valence-corrected chi connectivity index (χ1v) is 8.64. The Kier molecular flexibility index (Phi) is 3.65. The number of hydrogen-bond acceptors (Lipinski definition) is 5. The second-order valence-electron chi connectivity index (χ2n) is 5.79. The molecule has 122 valence electrons. The van der Waals surface area contributed by atoms with Gasteiger partial charge in [-0.25, -0.2) is 4.57 Å². The molecule has 0 saturated heterocycles. The van der Waals surface area contributed by atoms with Crippen molar-refractivity contribution in [3.8, 4) is 11.7 Å². The van der Waals surface area contributed by atoms with Crippen molar-refractivity contribution < 1.29 is 15.0 Å². The molecule has 1 aromatic heterocycles. The van der Waals surface area contributed by atoms with Gasteiger partial charge in [-0.1, -0.05) is 47.2 Å². The number of carbonyl (C=O) groups is 1. The van der Waals surface area contributed by atoms with Crippen LogP contribution in [-0.2, 0) is 4.79 Å². The number of carboxylic acid groups (broad SMARTS) is 1. The van der Waals surface area contributed by atoms with Crippen molar-refractivity contribution in [1.29, 1.82) is 0 Å². The zero-order valence-electron chi connectivity index (χ0n) is 12.7. The Bertz CT molecular complexity index is 934. The number of rotatable bonds is 5. The zero-order chi connectivity index (χ0) is 16.7. The largest absolute Gasteiger partial charge is 0.481 e. The first-order chi connectivity index (χ1) is 11.6. The first kappa shape index (κ1) is 15.0. The topological polar surface area (TPSA) is 88.2 Å². The Labute approximate surface area is 142 Å². The number of nitrogens with zero attached hydrogens (tertiary/aromatic N) is 3. The highest BCUT2D eigenvalue weighted by atomic mass is 32.2. The van der Waals surface area contributed by atoms with Crippen molar-refractivity contribution in [1.82, 2.24) is 14.8 Å². The molecule has 3 aromatic rings. The summed E-state index contributed by atoms with van der Waals surface area (Å²) in [5, 5.41) is 29.1. The third kappa shape index (κ3) is 2.60. The highest BCUT2D eigenvalue weighted by Gasteiger charge is 2.26. The van der Waals surface area contributed by atoms with E-state index in [-0.39, 0.29) is 11.8 Å². The summed E-state index contributed by atoms with van der Waals surface area (Å²) in [6.45, 7) is 0. The highest BCUT2D eigenvalue weighted by molar-refractivity contribution is 7.99. The van der Waals surface area contributed by atoms with Crippen LogP contribution in [0.1, 0.15) is 24.3 Å². The van der Waals surface area contributed by atoms with E-state index in [0.29, 0.717) is 11.1 Å². The molecule has 1 aliphatic carbocycles. The predicted molar refractivity (Wildman–Crippen MR) is 90.9 cm³/mol. The lowest BCUT2D eigenvalue weighted by molar-refractivity contribution is -0.133. The molecule has 24 heavy (non-hydrogen) atoms. The molecule has 0 amide bonds. The molecule has 6 nitrogen and oxygen atoms in total. The first-order valence-electron chi connectivity index (χ1n) is 7.66. The smallest absolute Gasteiger partial charge is 0.319 e. The lowest BCUT2D eigenvalue weighted by Gasteiger charge is -2.13. The molecule has 0 spiro atoms. The van der Waals surface area contributed by atoms with E-state index >= 15 is 0 Å². The maximum atomic E-state index is 10.8. The van der Waals surface area contributed by atoms with Crippen LogP contribution in [-0.4, -0.2) is 36.7 Å². The van der Waals surface area contributed by atoms with Crippen molar-refractivity contribution in [2.24, 2.45) is 0 Å². The Hall–Kier alpha value is -2.54. The summed E-state index contributed by atoms with van der Waals surface area (Å²) in [4.78, 5) is 10.8. The minimum absolute atomic E-state index is 0.143. The summed E-state index contributed by atoms with van der Waals surface area (Å²) < 4.78 is 1.51. The minimum Gasteiger partial charge on any atom is -0.481 e. The quantitative estimate of drug-likeness (QED) is 0.693. The molecule has 2 aromatic carbocycles. The fourth-order valence-corrected chi connectivity index (χ4v) is 3.60. The second-order valence-corrected chi connectivity index (χ2v) is 6.74. The van der Waals surface area contributed by atoms with Crippen molar-refractivity contribution in [2.75, 3.05) is 5.75 Å². The monoisotopic (exact) mass is 341 g/mol. The SMILES string of the molecule is O=C(O)CSc1nnc(O)n1-c1ccc(C2CC2)c2ccccc12. The van der Waals surface area contributed by atoms with Gasteiger partial charge in [0.15, 0.2) is 5.16 Å². The minimum atomic E-state index is -0.942. The van der Waals surface area contributed by atoms with Crippen molar-refractivity contribution in [3.63, 3.8) is 0 Å². The number of aromatic nitrogens is 3. The lowest BCUT2D eigenvalue weighted by atomic mass is 9.99. The number of aliphatic carboxylic acids is 1. The van der Waals surface area contributed by atoms with E-state index in [0.717, 1.165) is 28.2 Å². The van der Waals surface area contributed by atoms with E-state index in [2.05, 4.69) is 22.3 Å². The van der Waals surface area contributed by atoms with Gasteiger partial charge in [0.2, 0.25) is 0 Å². The van der Waals surface area contributed by atoms with Gasteiger partial charge < -0.3 is 10.2 Å². The van der Waals surface area contributed by atoms with Gasteiger partial charge in [0.25, 0.3) is 0 Å². The van der Waals surface area contributed by atoms with Crippen LogP contribution in [0, 0.1) is 0 Å². The van der Waals surface area contributed by atoms with Crippen molar-refractivity contribution >= 4 is 28.5 Å². The summed E-state index contributed by atoms with van der Waals surface area (Å²) in [5.74, 6) is -0.474. The number of carboxylic acids is 1. The highest BCUT2D eigenvalue weighted by Crippen LogP contribution is 2.44. The van der Waals surface area contributed by atoms with Gasteiger partial charge in [0.1, 0.15) is 0 Å². The van der Waals surface area contributed by atoms with Gasteiger partial charge in [0.05, 0.1) is 11.4 Å². The molecule has 1 fully saturated rings. The van der Waals surface area contributed by atoms with Crippen LogP contribution in [0.5, 0.6) is 6.01 Å². The summed E-state index contributed by atoms with van der Waals surface area (Å²) in [7, 11) is 0. The van der Waals surface area contributed by atoms with E-state index in [1.807, 2.05) is 24.3 Å². The lowest BCUT2D eigenvalue weighted by Crippen LogP contribution is -2.02. The van der Waals surface area contributed by atoms with Crippen LogP contribution in [0.15, 0.2) is 41.6 Å². The van der Waals surface area contributed by atoms with Crippen LogP contribution in [0.4, 0.5) is 0 Å². The molecule has 0 unspecified atom stereocenters. The maximum absolute atomic E-state index is 10.8. The molecule has 2 N–H and O–H groups in total. The summed E-state index contributed by atoms with van der Waals surface area (Å²) in [6, 6.07) is 11.8. The number of benzene rings is 2. The molecule has 0 aliphatic heterocycles.